The molecule has 106 valence electrons. The molecule has 1 aliphatic rings. The lowest BCUT2D eigenvalue weighted by molar-refractivity contribution is -0.136. The van der Waals surface area contributed by atoms with Crippen molar-refractivity contribution in [1.82, 2.24) is 0 Å². The van der Waals surface area contributed by atoms with Crippen molar-refractivity contribution in [2.45, 2.75) is 6.42 Å². The summed E-state index contributed by atoms with van der Waals surface area (Å²) in [5, 5.41) is 12.0. The minimum atomic E-state index is -0.868. The molecule has 0 saturated carbocycles. The van der Waals surface area contributed by atoms with Crippen LogP contribution in [0.25, 0.3) is 0 Å². The molecule has 0 saturated heterocycles. The Hall–Kier alpha value is -2.82. The predicted octanol–water partition coefficient (Wildman–Crippen LogP) is 2.34. The van der Waals surface area contributed by atoms with Crippen molar-refractivity contribution < 1.29 is 14.7 Å². The van der Waals surface area contributed by atoms with Gasteiger partial charge in [0.25, 0.3) is 5.91 Å². The van der Waals surface area contributed by atoms with Crippen LogP contribution in [0.5, 0.6) is 0 Å². The molecule has 0 unspecified atom stereocenters. The van der Waals surface area contributed by atoms with E-state index in [9.17, 15) is 9.59 Å². The van der Waals surface area contributed by atoms with Gasteiger partial charge in [0, 0.05) is 11.4 Å². The van der Waals surface area contributed by atoms with E-state index in [0.717, 1.165) is 11.4 Å². The summed E-state index contributed by atoms with van der Waals surface area (Å²) in [5.74, 6) is -0.928. The lowest BCUT2D eigenvalue weighted by atomic mass is 10.1. The fraction of sp³-hybridized carbons (Fsp3) is 0.125. The van der Waals surface area contributed by atoms with Crippen LogP contribution in [0.4, 0.5) is 11.4 Å². The maximum atomic E-state index is 12.5. The third-order valence-corrected chi connectivity index (χ3v) is 3.43. The highest BCUT2D eigenvalue weighted by Crippen LogP contribution is 2.26. The molecule has 1 aliphatic heterocycles. The normalized spacial score (nSPS) is 13.5. The Morgan fingerprint density at radius 1 is 1.14 bits per heavy atom. The van der Waals surface area contributed by atoms with Crippen LogP contribution in [0.1, 0.15) is 15.9 Å². The first-order valence-corrected chi connectivity index (χ1v) is 6.60. The van der Waals surface area contributed by atoms with Crippen molar-refractivity contribution >= 4 is 23.3 Å². The summed E-state index contributed by atoms with van der Waals surface area (Å²) < 4.78 is 0. The van der Waals surface area contributed by atoms with E-state index in [4.69, 9.17) is 5.11 Å². The highest BCUT2D eigenvalue weighted by atomic mass is 16.4. The van der Waals surface area contributed by atoms with Gasteiger partial charge in [0.05, 0.1) is 18.7 Å². The minimum Gasteiger partial charge on any atom is -0.481 e. The predicted molar refractivity (Wildman–Crippen MR) is 79.5 cm³/mol. The molecular weight excluding hydrogens is 268 g/mol. The summed E-state index contributed by atoms with van der Waals surface area (Å²) in [7, 11) is 0. The lowest BCUT2D eigenvalue weighted by Gasteiger charge is -2.29. The maximum Gasteiger partial charge on any atom is 0.307 e. The average molecular weight is 282 g/mol. The maximum absolute atomic E-state index is 12.5. The number of carboxylic acids is 1. The Labute approximate surface area is 121 Å². The molecule has 0 aliphatic carbocycles. The summed E-state index contributed by atoms with van der Waals surface area (Å²) in [6.07, 6.45) is -0.0185. The number of carbonyl (C=O) groups excluding carboxylic acids is 1. The third kappa shape index (κ3) is 2.58. The van der Waals surface area contributed by atoms with Gasteiger partial charge in [-0.15, -0.1) is 0 Å². The highest BCUT2D eigenvalue weighted by Gasteiger charge is 2.24. The first kappa shape index (κ1) is 13.2. The van der Waals surface area contributed by atoms with Crippen LogP contribution in [-0.4, -0.2) is 23.7 Å². The molecule has 1 amide bonds. The van der Waals surface area contributed by atoms with Crippen LogP contribution in [0.3, 0.4) is 0 Å². The molecule has 0 fully saturated rings. The zero-order valence-corrected chi connectivity index (χ0v) is 11.2. The number of fused-ring (bicyclic) bond motifs is 1. The van der Waals surface area contributed by atoms with Crippen LogP contribution in [0.15, 0.2) is 48.5 Å². The van der Waals surface area contributed by atoms with E-state index in [1.165, 1.54) is 0 Å². The monoisotopic (exact) mass is 282 g/mol. The van der Waals surface area contributed by atoms with Gasteiger partial charge < -0.3 is 10.4 Å². The van der Waals surface area contributed by atoms with E-state index < -0.39 is 5.97 Å². The van der Waals surface area contributed by atoms with E-state index in [2.05, 4.69) is 5.32 Å². The van der Waals surface area contributed by atoms with Gasteiger partial charge in [0.1, 0.15) is 0 Å². The molecule has 0 atom stereocenters. The molecule has 3 rings (SSSR count). The number of benzene rings is 2. The third-order valence-electron chi connectivity index (χ3n) is 3.43. The Morgan fingerprint density at radius 3 is 2.57 bits per heavy atom. The van der Waals surface area contributed by atoms with Crippen molar-refractivity contribution in [3.63, 3.8) is 0 Å². The van der Waals surface area contributed by atoms with Crippen molar-refractivity contribution in [3.8, 4) is 0 Å². The standard InChI is InChI=1S/C16H14N2O3/c19-15(20)9-11-5-7-12(8-6-11)18-10-17-14-4-2-1-3-13(14)16(18)21/h1-8,17H,9-10H2,(H,19,20). The number of carbonyl (C=O) groups is 2. The molecule has 5 heteroatoms. The molecule has 1 heterocycles. The van der Waals surface area contributed by atoms with Gasteiger partial charge >= 0.3 is 5.97 Å². The molecule has 21 heavy (non-hydrogen) atoms. The van der Waals surface area contributed by atoms with Crippen LogP contribution in [0.2, 0.25) is 0 Å². The molecule has 0 spiro atoms. The van der Waals surface area contributed by atoms with Gasteiger partial charge in [-0.3, -0.25) is 14.5 Å². The number of hydrogen-bond acceptors (Lipinski definition) is 3. The number of amides is 1. The van der Waals surface area contributed by atoms with E-state index in [1.807, 2.05) is 18.2 Å². The Balaban J connectivity index is 1.85. The Morgan fingerprint density at radius 2 is 1.86 bits per heavy atom. The molecule has 0 radical (unpaired) electrons. The van der Waals surface area contributed by atoms with Gasteiger partial charge in [0.2, 0.25) is 0 Å². The van der Waals surface area contributed by atoms with Gasteiger partial charge in [-0.05, 0) is 29.8 Å². The molecule has 2 aromatic carbocycles. The van der Waals surface area contributed by atoms with Gasteiger partial charge in [-0.2, -0.15) is 0 Å². The van der Waals surface area contributed by atoms with Gasteiger partial charge in [-0.25, -0.2) is 0 Å². The summed E-state index contributed by atoms with van der Waals surface area (Å²) in [5.41, 5.74) is 2.93. The zero-order chi connectivity index (χ0) is 14.8. The smallest absolute Gasteiger partial charge is 0.307 e. The number of para-hydroxylation sites is 1. The van der Waals surface area contributed by atoms with Crippen molar-refractivity contribution in [3.05, 3.63) is 59.7 Å². The topological polar surface area (TPSA) is 69.6 Å². The van der Waals surface area contributed by atoms with E-state index in [1.54, 1.807) is 35.2 Å². The summed E-state index contributed by atoms with van der Waals surface area (Å²) in [6.45, 7) is 0.397. The fourth-order valence-electron chi connectivity index (χ4n) is 2.38. The van der Waals surface area contributed by atoms with E-state index in [0.29, 0.717) is 17.8 Å². The van der Waals surface area contributed by atoms with Crippen molar-refractivity contribution in [2.75, 3.05) is 16.9 Å². The largest absolute Gasteiger partial charge is 0.481 e. The Bertz CT molecular complexity index is 695. The second kappa shape index (κ2) is 5.28. The summed E-state index contributed by atoms with van der Waals surface area (Å²) >= 11 is 0. The molecule has 0 aromatic heterocycles. The number of nitrogens with zero attached hydrogens (tertiary/aromatic N) is 1. The molecular formula is C16H14N2O3. The molecule has 2 aromatic rings. The molecule has 5 nitrogen and oxygen atoms in total. The van der Waals surface area contributed by atoms with Gasteiger partial charge in [-0.1, -0.05) is 24.3 Å². The van der Waals surface area contributed by atoms with Crippen LogP contribution < -0.4 is 10.2 Å². The number of nitrogens with one attached hydrogen (secondary N) is 1. The molecule has 0 bridgehead atoms. The summed E-state index contributed by atoms with van der Waals surface area (Å²) in [4.78, 5) is 24.8. The number of anilines is 2. The number of aliphatic carboxylic acids is 1. The number of hydrogen-bond donors (Lipinski definition) is 2. The highest BCUT2D eigenvalue weighted by molar-refractivity contribution is 6.11. The SMILES string of the molecule is O=C(O)Cc1ccc(N2CNc3ccccc3C2=O)cc1. The van der Waals surface area contributed by atoms with Crippen LogP contribution in [-0.2, 0) is 11.2 Å². The number of rotatable bonds is 3. The first-order valence-electron chi connectivity index (χ1n) is 6.60. The van der Waals surface area contributed by atoms with Crippen molar-refractivity contribution in [2.24, 2.45) is 0 Å². The minimum absolute atomic E-state index is 0.0185. The summed E-state index contributed by atoms with van der Waals surface area (Å²) in [6, 6.07) is 14.4. The van der Waals surface area contributed by atoms with E-state index >= 15 is 0 Å². The van der Waals surface area contributed by atoms with Gasteiger partial charge in [0.15, 0.2) is 0 Å². The van der Waals surface area contributed by atoms with Crippen LogP contribution >= 0.6 is 0 Å². The lowest BCUT2D eigenvalue weighted by Crippen LogP contribution is -2.40. The zero-order valence-electron chi connectivity index (χ0n) is 11.2. The Kier molecular flexibility index (Phi) is 3.31. The number of carboxylic acid groups (broad SMARTS) is 1. The fourth-order valence-corrected chi connectivity index (χ4v) is 2.38. The second-order valence-electron chi connectivity index (χ2n) is 4.85. The average Bonchev–Trinajstić information content (AvgIpc) is 2.48. The first-order chi connectivity index (χ1) is 10.1. The quantitative estimate of drug-likeness (QED) is 0.906. The van der Waals surface area contributed by atoms with Crippen molar-refractivity contribution in [1.29, 1.82) is 0 Å². The molecule has 2 N–H and O–H groups in total. The second-order valence-corrected chi connectivity index (χ2v) is 4.85. The van der Waals surface area contributed by atoms with Crippen LogP contribution in [0, 0.1) is 0 Å². The van der Waals surface area contributed by atoms with E-state index in [-0.39, 0.29) is 12.3 Å².